The summed E-state index contributed by atoms with van der Waals surface area (Å²) >= 11 is 0. The van der Waals surface area contributed by atoms with E-state index in [9.17, 15) is 4.39 Å². The van der Waals surface area contributed by atoms with E-state index in [2.05, 4.69) is 91.0 Å². The maximum absolute atomic E-state index is 13.5. The monoisotopic (exact) mass is 452 g/mol. The zero-order chi connectivity index (χ0) is 18.5. The molecule has 0 saturated carbocycles. The Morgan fingerprint density at radius 1 is 0.500 bits per heavy atom. The second kappa shape index (κ2) is 9.28. The minimum absolute atomic E-state index is 0. The SMILES string of the molecule is Br.Fc1ccc(C[PH](c2ccccc2)(c2ccccc2)c2ccccc2)cc1. The molecule has 3 heteroatoms. The van der Waals surface area contributed by atoms with Crippen LogP contribution in [0, 0.1) is 5.82 Å². The molecule has 0 fully saturated rings. The number of halogens is 2. The van der Waals surface area contributed by atoms with Crippen LogP contribution in [0.5, 0.6) is 0 Å². The van der Waals surface area contributed by atoms with Crippen LogP contribution in [0.3, 0.4) is 0 Å². The van der Waals surface area contributed by atoms with Gasteiger partial charge in [0.15, 0.2) is 0 Å². The van der Waals surface area contributed by atoms with Crippen molar-refractivity contribution >= 4 is 40.2 Å². The van der Waals surface area contributed by atoms with Crippen LogP contribution in [0.25, 0.3) is 0 Å². The van der Waals surface area contributed by atoms with E-state index in [1.54, 1.807) is 12.1 Å². The molecule has 0 radical (unpaired) electrons. The molecule has 0 aromatic heterocycles. The molecule has 0 saturated heterocycles. The summed E-state index contributed by atoms with van der Waals surface area (Å²) < 4.78 is 13.5. The first-order valence-electron chi connectivity index (χ1n) is 9.20. The Morgan fingerprint density at radius 2 is 0.857 bits per heavy atom. The van der Waals surface area contributed by atoms with Gasteiger partial charge in [-0.25, -0.2) is 0 Å². The molecule has 4 aromatic rings. The average Bonchev–Trinajstić information content (AvgIpc) is 2.75. The average molecular weight is 453 g/mol. The van der Waals surface area contributed by atoms with Crippen LogP contribution in [0.1, 0.15) is 5.56 Å². The Bertz CT molecular complexity index is 890. The Morgan fingerprint density at radius 3 is 1.21 bits per heavy atom. The molecule has 0 N–H and O–H groups in total. The number of hydrogen-bond donors (Lipinski definition) is 0. The summed E-state index contributed by atoms with van der Waals surface area (Å²) in [6.45, 7) is 0. The van der Waals surface area contributed by atoms with Crippen molar-refractivity contribution in [2.75, 3.05) is 0 Å². The van der Waals surface area contributed by atoms with E-state index < -0.39 is 7.26 Å². The molecule has 0 bridgehead atoms. The van der Waals surface area contributed by atoms with Gasteiger partial charge in [-0.15, -0.1) is 17.0 Å². The first-order valence-corrected chi connectivity index (χ1v) is 11.4. The van der Waals surface area contributed by atoms with Gasteiger partial charge in [0.2, 0.25) is 0 Å². The third-order valence-corrected chi connectivity index (χ3v) is 10.1. The minimum atomic E-state index is -2.30. The van der Waals surface area contributed by atoms with Gasteiger partial charge in [0, 0.05) is 0 Å². The number of hydrogen-bond acceptors (Lipinski definition) is 0. The van der Waals surface area contributed by atoms with Crippen molar-refractivity contribution in [1.29, 1.82) is 0 Å². The Hall–Kier alpha value is -2.28. The summed E-state index contributed by atoms with van der Waals surface area (Å²) in [6.07, 6.45) is 0.894. The first-order chi connectivity index (χ1) is 13.3. The summed E-state index contributed by atoms with van der Waals surface area (Å²) in [5, 5.41) is 4.10. The van der Waals surface area contributed by atoms with Crippen LogP contribution in [-0.4, -0.2) is 0 Å². The Balaban J connectivity index is 0.00000225. The standard InChI is InChI=1S/C25H22FP.BrH/c26-22-18-16-21(17-19-22)20-27(23-10-4-1-5-11-23,24-12-6-2-7-13-24)25-14-8-3-9-15-25;/h1-19,27H,20H2;1H. The summed E-state index contributed by atoms with van der Waals surface area (Å²) in [5.74, 6) is -0.190. The van der Waals surface area contributed by atoms with Gasteiger partial charge in [-0.1, -0.05) is 0 Å². The third kappa shape index (κ3) is 4.09. The van der Waals surface area contributed by atoms with Crippen molar-refractivity contribution in [1.82, 2.24) is 0 Å². The van der Waals surface area contributed by atoms with E-state index in [-0.39, 0.29) is 22.8 Å². The molecule has 4 rings (SSSR count). The van der Waals surface area contributed by atoms with Gasteiger partial charge >= 0.3 is 160 Å². The van der Waals surface area contributed by atoms with E-state index in [0.717, 1.165) is 6.16 Å². The molecule has 28 heavy (non-hydrogen) atoms. The van der Waals surface area contributed by atoms with Crippen LogP contribution >= 0.6 is 24.2 Å². The topological polar surface area (TPSA) is 0 Å². The van der Waals surface area contributed by atoms with Crippen molar-refractivity contribution in [3.63, 3.8) is 0 Å². The Labute approximate surface area is 177 Å². The molecule has 0 aliphatic rings. The molecular weight excluding hydrogens is 430 g/mol. The summed E-state index contributed by atoms with van der Waals surface area (Å²) in [6, 6.07) is 39.4. The molecule has 142 valence electrons. The Kier molecular flexibility index (Phi) is 6.78. The second-order valence-electron chi connectivity index (χ2n) is 6.81. The van der Waals surface area contributed by atoms with E-state index in [0.29, 0.717) is 0 Å². The van der Waals surface area contributed by atoms with Crippen LogP contribution in [0.4, 0.5) is 4.39 Å². The molecule has 0 unspecified atom stereocenters. The van der Waals surface area contributed by atoms with Gasteiger partial charge in [0.25, 0.3) is 0 Å². The molecule has 0 atom stereocenters. The summed E-state index contributed by atoms with van der Waals surface area (Å²) in [7, 11) is -2.30. The van der Waals surface area contributed by atoms with Gasteiger partial charge in [-0.2, -0.15) is 0 Å². The van der Waals surface area contributed by atoms with Gasteiger partial charge in [-0.05, 0) is 0 Å². The van der Waals surface area contributed by atoms with E-state index in [4.69, 9.17) is 0 Å². The quantitative estimate of drug-likeness (QED) is 0.344. The molecule has 0 aliphatic heterocycles. The van der Waals surface area contributed by atoms with Crippen LogP contribution in [-0.2, 0) is 6.16 Å². The fourth-order valence-electron chi connectivity index (χ4n) is 3.88. The van der Waals surface area contributed by atoms with Crippen molar-refractivity contribution in [3.05, 3.63) is 127 Å². The van der Waals surface area contributed by atoms with Gasteiger partial charge in [0.1, 0.15) is 0 Å². The maximum atomic E-state index is 13.5. The zero-order valence-electron chi connectivity index (χ0n) is 15.5. The van der Waals surface area contributed by atoms with Crippen molar-refractivity contribution in [2.24, 2.45) is 0 Å². The summed E-state index contributed by atoms with van der Waals surface area (Å²) in [4.78, 5) is 0. The van der Waals surface area contributed by atoms with Crippen molar-refractivity contribution in [3.8, 4) is 0 Å². The fraction of sp³-hybridized carbons (Fsp3) is 0.0400. The predicted molar refractivity (Wildman–Crippen MR) is 127 cm³/mol. The molecule has 0 spiro atoms. The first kappa shape index (κ1) is 20.5. The number of benzene rings is 4. The normalized spacial score (nSPS) is 11.5. The van der Waals surface area contributed by atoms with E-state index in [1.807, 2.05) is 12.1 Å². The number of rotatable bonds is 5. The molecule has 0 nitrogen and oxygen atoms in total. The fourth-order valence-corrected chi connectivity index (χ4v) is 8.63. The van der Waals surface area contributed by atoms with Gasteiger partial charge in [-0.3, -0.25) is 0 Å². The molecule has 0 heterocycles. The van der Waals surface area contributed by atoms with Crippen molar-refractivity contribution in [2.45, 2.75) is 6.16 Å². The predicted octanol–water partition coefficient (Wildman–Crippen LogP) is 5.63. The van der Waals surface area contributed by atoms with Crippen molar-refractivity contribution < 1.29 is 4.39 Å². The molecule has 0 amide bonds. The van der Waals surface area contributed by atoms with E-state index in [1.165, 1.54) is 21.5 Å². The van der Waals surface area contributed by atoms with Crippen LogP contribution < -0.4 is 15.9 Å². The third-order valence-electron chi connectivity index (χ3n) is 5.18. The zero-order valence-corrected chi connectivity index (χ0v) is 18.2. The molecule has 4 aromatic carbocycles. The van der Waals surface area contributed by atoms with E-state index >= 15 is 0 Å². The molecule has 0 aliphatic carbocycles. The summed E-state index contributed by atoms with van der Waals surface area (Å²) in [5.41, 5.74) is 1.17. The van der Waals surface area contributed by atoms with Gasteiger partial charge < -0.3 is 0 Å². The second-order valence-corrected chi connectivity index (χ2v) is 10.7. The van der Waals surface area contributed by atoms with Crippen LogP contribution in [0.15, 0.2) is 115 Å². The molecular formula is C25H23BrFP. The van der Waals surface area contributed by atoms with Gasteiger partial charge in [0.05, 0.1) is 0 Å². The van der Waals surface area contributed by atoms with Crippen LogP contribution in [0.2, 0.25) is 0 Å².